The van der Waals surface area contributed by atoms with Crippen molar-refractivity contribution >= 4 is 67.4 Å². The van der Waals surface area contributed by atoms with Crippen molar-refractivity contribution in [2.75, 3.05) is 27.3 Å². The fourth-order valence-electron chi connectivity index (χ4n) is 9.94. The Morgan fingerprint density at radius 1 is 0.776 bits per heavy atom. The summed E-state index contributed by atoms with van der Waals surface area (Å²) >= 11 is 0. The van der Waals surface area contributed by atoms with Gasteiger partial charge in [0.25, 0.3) is 0 Å². The number of carbonyl (C=O) groups excluding carboxylic acids is 4. The van der Waals surface area contributed by atoms with Crippen molar-refractivity contribution in [2.45, 2.75) is 63.7 Å². The van der Waals surface area contributed by atoms with Crippen LogP contribution in [0.2, 0.25) is 0 Å². The fourth-order valence-corrected chi connectivity index (χ4v) is 9.94. The van der Waals surface area contributed by atoms with E-state index in [1.165, 1.54) is 7.11 Å². The van der Waals surface area contributed by atoms with E-state index in [1.54, 1.807) is 18.3 Å². The summed E-state index contributed by atoms with van der Waals surface area (Å²) in [5.74, 6) is 0.487. The molecular formula is C53H54N8O6. The van der Waals surface area contributed by atoms with Crippen LogP contribution in [0.15, 0.2) is 115 Å². The summed E-state index contributed by atoms with van der Waals surface area (Å²) in [6.45, 7) is 9.12. The van der Waals surface area contributed by atoms with Crippen LogP contribution in [-0.4, -0.2) is 86.9 Å². The number of imidazole rings is 2. The highest BCUT2D eigenvalue weighted by Crippen LogP contribution is 2.42. The number of fused-ring (bicyclic) bond motifs is 6. The van der Waals surface area contributed by atoms with Gasteiger partial charge in [-0.3, -0.25) is 14.4 Å². The first-order chi connectivity index (χ1) is 32.5. The molecule has 0 radical (unpaired) electrons. The number of aromatic nitrogens is 4. The number of carbonyl (C=O) groups is 4. The number of hydrogen-bond acceptors (Lipinski definition) is 8. The maximum absolute atomic E-state index is 14.3. The highest BCUT2D eigenvalue weighted by molar-refractivity contribution is 6.08. The Balaban J connectivity index is 0.924. The van der Waals surface area contributed by atoms with Gasteiger partial charge in [0.05, 0.1) is 48.6 Å². The number of ether oxygens (including phenoxy) is 2. The summed E-state index contributed by atoms with van der Waals surface area (Å²) in [5, 5.41) is 9.88. The number of nitrogens with one attached hydrogen (secondary N) is 4. The molecule has 2 aromatic heterocycles. The van der Waals surface area contributed by atoms with Gasteiger partial charge in [0.2, 0.25) is 17.7 Å². The number of benzene rings is 5. The summed E-state index contributed by atoms with van der Waals surface area (Å²) in [6.07, 6.45) is 6.15. The third-order valence-corrected chi connectivity index (χ3v) is 13.7. The Hall–Kier alpha value is -7.48. The zero-order valence-corrected chi connectivity index (χ0v) is 38.0. The quantitative estimate of drug-likeness (QED) is 0.0695. The van der Waals surface area contributed by atoms with E-state index in [9.17, 15) is 19.2 Å². The molecule has 7 aromatic rings. The summed E-state index contributed by atoms with van der Waals surface area (Å²) in [6, 6.07) is 28.1. The zero-order chi connectivity index (χ0) is 46.5. The summed E-state index contributed by atoms with van der Waals surface area (Å²) in [7, 11) is 2.85. The van der Waals surface area contributed by atoms with Crippen molar-refractivity contribution in [1.29, 1.82) is 0 Å². The van der Waals surface area contributed by atoms with Crippen LogP contribution in [0, 0.1) is 17.8 Å². The van der Waals surface area contributed by atoms with E-state index in [0.29, 0.717) is 18.9 Å². The van der Waals surface area contributed by atoms with Crippen LogP contribution in [0.3, 0.4) is 0 Å². The van der Waals surface area contributed by atoms with Gasteiger partial charge in [-0.15, -0.1) is 0 Å². The van der Waals surface area contributed by atoms with Crippen LogP contribution in [0.5, 0.6) is 0 Å². The number of hydrogen-bond donors (Lipinski definition) is 4. The Morgan fingerprint density at radius 3 is 2.03 bits per heavy atom. The average Bonchev–Trinajstić information content (AvgIpc) is 3.62. The lowest BCUT2D eigenvalue weighted by Crippen LogP contribution is -2.51. The molecule has 3 aliphatic rings. The van der Waals surface area contributed by atoms with Gasteiger partial charge in [0, 0.05) is 35.7 Å². The van der Waals surface area contributed by atoms with E-state index in [2.05, 4.69) is 75.7 Å². The lowest BCUT2D eigenvalue weighted by Gasteiger charge is -2.30. The van der Waals surface area contributed by atoms with Gasteiger partial charge >= 0.3 is 6.09 Å². The predicted molar refractivity (Wildman–Crippen MR) is 257 cm³/mol. The SMILES string of the molecule is C=C1C(/C=C/OC)CN(C(=O)[C@@H](NC(=O)OC)C(C)C)[C@@H]1c1nc2ccc3cc(-c4ccc5c(ccc6nc([C@@H]7CCCN7C(=O)[C@H](NC(=O)C7CC7)c7ccccc7)[nH]c65)c4)ccc3c2[nH]1. The number of rotatable bonds is 12. The summed E-state index contributed by atoms with van der Waals surface area (Å²) < 4.78 is 10.1. The molecule has 4 N–H and O–H groups in total. The molecule has 1 saturated carbocycles. The second-order valence-electron chi connectivity index (χ2n) is 18.3. The second kappa shape index (κ2) is 17.7. The monoisotopic (exact) mass is 898 g/mol. The molecule has 2 aliphatic heterocycles. The summed E-state index contributed by atoms with van der Waals surface area (Å²) in [5.41, 5.74) is 7.02. The van der Waals surface area contributed by atoms with E-state index in [1.807, 2.05) is 67.3 Å². The number of alkyl carbamates (subject to hydrolysis) is 1. The first-order valence-electron chi connectivity index (χ1n) is 23.0. The maximum atomic E-state index is 14.3. The van der Waals surface area contributed by atoms with Gasteiger partial charge in [-0.2, -0.15) is 0 Å². The minimum Gasteiger partial charge on any atom is -0.505 e. The van der Waals surface area contributed by atoms with Gasteiger partial charge in [0.15, 0.2) is 0 Å². The van der Waals surface area contributed by atoms with Gasteiger partial charge in [-0.1, -0.05) is 87.2 Å². The van der Waals surface area contributed by atoms with Crippen molar-refractivity contribution in [2.24, 2.45) is 17.8 Å². The lowest BCUT2D eigenvalue weighted by atomic mass is 9.98. The molecule has 1 aliphatic carbocycles. The van der Waals surface area contributed by atoms with Gasteiger partial charge in [0.1, 0.15) is 29.8 Å². The minimum absolute atomic E-state index is 0.0144. The highest BCUT2D eigenvalue weighted by atomic mass is 16.5. The smallest absolute Gasteiger partial charge is 0.407 e. The molecule has 10 rings (SSSR count). The van der Waals surface area contributed by atoms with Gasteiger partial charge in [-0.25, -0.2) is 14.8 Å². The van der Waals surface area contributed by atoms with Crippen LogP contribution in [0.4, 0.5) is 4.79 Å². The topological polar surface area (TPSA) is 175 Å². The molecule has 5 aromatic carbocycles. The summed E-state index contributed by atoms with van der Waals surface area (Å²) in [4.78, 5) is 74.6. The van der Waals surface area contributed by atoms with Crippen LogP contribution in [0.25, 0.3) is 54.7 Å². The standard InChI is InChI=1S/C53H54N8O6/c1-29(2)43(59-53(65)67-5)51(63)61-28-37(23-25-66-4)30(3)47(61)49-55-41-22-18-36-27-34(16-20-39(36)46(41)57-49)33-15-19-38-35(26-33)17-21-40-45(38)56-48(54-40)42-12-9-24-60(42)52(64)44(31-10-7-6-8-11-31)58-50(62)32-13-14-32/h6-8,10-11,15-23,25-27,29,32,37,42-44,47H,3,9,12-14,24,28H2,1-2,4-5H3,(H,54,56)(H,55,57)(H,58,62)(H,59,65)/b25-23+/t37?,42-,43-,44+,47-/m0/s1. The lowest BCUT2D eigenvalue weighted by molar-refractivity contribution is -0.138. The Labute approximate surface area is 387 Å². The molecular weight excluding hydrogens is 845 g/mol. The number of nitrogens with zero attached hydrogens (tertiary/aromatic N) is 4. The predicted octanol–water partition coefficient (Wildman–Crippen LogP) is 8.94. The first-order valence-corrected chi connectivity index (χ1v) is 23.0. The molecule has 3 fully saturated rings. The van der Waals surface area contributed by atoms with Crippen molar-refractivity contribution in [1.82, 2.24) is 40.4 Å². The largest absolute Gasteiger partial charge is 0.505 e. The molecule has 67 heavy (non-hydrogen) atoms. The molecule has 1 unspecified atom stereocenters. The van der Waals surface area contributed by atoms with Crippen LogP contribution >= 0.6 is 0 Å². The number of methoxy groups -OCH3 is 2. The van der Waals surface area contributed by atoms with Crippen molar-refractivity contribution in [3.05, 3.63) is 133 Å². The molecule has 4 heterocycles. The number of likely N-dealkylation sites (tertiary alicyclic amines) is 2. The van der Waals surface area contributed by atoms with Crippen LogP contribution < -0.4 is 10.6 Å². The van der Waals surface area contributed by atoms with Crippen molar-refractivity contribution in [3.8, 4) is 11.1 Å². The van der Waals surface area contributed by atoms with E-state index in [4.69, 9.17) is 19.4 Å². The molecule has 0 spiro atoms. The molecule has 4 amide bonds. The maximum Gasteiger partial charge on any atom is 0.407 e. The number of H-pyrrole nitrogens is 2. The van der Waals surface area contributed by atoms with Gasteiger partial charge in [-0.05, 0) is 95.0 Å². The molecule has 342 valence electrons. The Morgan fingerprint density at radius 2 is 1.42 bits per heavy atom. The highest BCUT2D eigenvalue weighted by Gasteiger charge is 2.44. The molecule has 5 atom stereocenters. The molecule has 0 bridgehead atoms. The third-order valence-electron chi connectivity index (χ3n) is 13.7. The second-order valence-corrected chi connectivity index (χ2v) is 18.3. The van der Waals surface area contributed by atoms with Crippen LogP contribution in [0.1, 0.15) is 74.9 Å². The average molecular weight is 899 g/mol. The van der Waals surface area contributed by atoms with Crippen molar-refractivity contribution < 1.29 is 28.7 Å². The molecule has 2 saturated heterocycles. The zero-order valence-electron chi connectivity index (χ0n) is 38.0. The first kappa shape index (κ1) is 43.4. The van der Waals surface area contributed by atoms with E-state index >= 15 is 0 Å². The van der Waals surface area contributed by atoms with E-state index in [-0.39, 0.29) is 41.5 Å². The minimum atomic E-state index is -0.818. The van der Waals surface area contributed by atoms with Crippen molar-refractivity contribution in [3.63, 3.8) is 0 Å². The van der Waals surface area contributed by atoms with E-state index < -0.39 is 24.2 Å². The normalized spacial score (nSPS) is 19.5. The van der Waals surface area contributed by atoms with Crippen LogP contribution in [-0.2, 0) is 23.9 Å². The third kappa shape index (κ3) is 8.14. The molecule has 14 heteroatoms. The number of amides is 4. The molecule has 14 nitrogen and oxygen atoms in total. The number of aromatic amines is 2. The Bertz CT molecular complexity index is 3120. The van der Waals surface area contributed by atoms with Gasteiger partial charge < -0.3 is 39.9 Å². The van der Waals surface area contributed by atoms with E-state index in [0.717, 1.165) is 97.4 Å². The Kier molecular flexibility index (Phi) is 11.5. The fraction of sp³-hybridized carbons (Fsp3) is 0.321.